The summed E-state index contributed by atoms with van der Waals surface area (Å²) < 4.78 is 50.0. The first kappa shape index (κ1) is 20.2. The van der Waals surface area contributed by atoms with Crippen LogP contribution in [0, 0.1) is 0 Å². The zero-order chi connectivity index (χ0) is 19.5. The molecular weight excluding hydrogens is 404 g/mol. The lowest BCUT2D eigenvalue weighted by Crippen LogP contribution is -2.22. The van der Waals surface area contributed by atoms with E-state index >= 15 is 0 Å². The number of carboxylic acid groups (broad SMARTS) is 1. The molecule has 0 radical (unpaired) electrons. The maximum Gasteiger partial charge on any atom is 0.335 e. The van der Waals surface area contributed by atoms with Crippen molar-refractivity contribution in [3.8, 4) is 0 Å². The molecule has 0 spiro atoms. The highest BCUT2D eigenvalue weighted by Crippen LogP contribution is 2.23. The van der Waals surface area contributed by atoms with Gasteiger partial charge in [-0.05, 0) is 42.3 Å². The van der Waals surface area contributed by atoms with Crippen molar-refractivity contribution < 1.29 is 26.7 Å². The molecule has 0 aromatic heterocycles. The van der Waals surface area contributed by atoms with Gasteiger partial charge >= 0.3 is 5.97 Å². The zero-order valence-electron chi connectivity index (χ0n) is 13.2. The van der Waals surface area contributed by atoms with E-state index in [2.05, 4.69) is 4.72 Å². The first-order valence-corrected chi connectivity index (χ1v) is 10.7. The van der Waals surface area contributed by atoms with Crippen molar-refractivity contribution in [3.63, 3.8) is 0 Å². The second-order valence-electron chi connectivity index (χ2n) is 5.36. The molecule has 2 aromatic carbocycles. The largest absolute Gasteiger partial charge is 0.478 e. The van der Waals surface area contributed by atoms with Crippen LogP contribution in [0.5, 0.6) is 0 Å². The Kier molecular flexibility index (Phi) is 5.91. The first-order valence-electron chi connectivity index (χ1n) is 7.13. The lowest BCUT2D eigenvalue weighted by molar-refractivity contribution is 0.0696. The molecule has 2 aromatic rings. The molecule has 140 valence electrons. The third kappa shape index (κ3) is 5.43. The highest BCUT2D eigenvalue weighted by Gasteiger charge is 2.21. The molecule has 0 saturated carbocycles. The molecule has 0 bridgehead atoms. The number of hydrogen-bond donors (Lipinski definition) is 3. The van der Waals surface area contributed by atoms with Crippen LogP contribution in [-0.4, -0.2) is 33.7 Å². The minimum Gasteiger partial charge on any atom is -0.478 e. The number of primary sulfonamides is 1. The average Bonchev–Trinajstić information content (AvgIpc) is 2.53. The Labute approximate surface area is 155 Å². The number of anilines is 1. The molecule has 0 aliphatic carbocycles. The Morgan fingerprint density at radius 3 is 2.23 bits per heavy atom. The van der Waals surface area contributed by atoms with Crippen molar-refractivity contribution in [2.75, 3.05) is 10.5 Å². The topological polar surface area (TPSA) is 144 Å². The number of sulfonamides is 2. The summed E-state index contributed by atoms with van der Waals surface area (Å²) in [6, 6.07) is 9.53. The third-order valence-electron chi connectivity index (χ3n) is 3.37. The van der Waals surface area contributed by atoms with Gasteiger partial charge in [0, 0.05) is 5.02 Å². The SMILES string of the molecule is NS(=O)(=O)c1cc(C(=O)O)ccc1NS(=O)(=O)CCc1ccc(Cl)cc1. The van der Waals surface area contributed by atoms with Crippen molar-refractivity contribution in [2.24, 2.45) is 5.14 Å². The summed E-state index contributed by atoms with van der Waals surface area (Å²) in [6.45, 7) is 0. The van der Waals surface area contributed by atoms with Gasteiger partial charge in [-0.25, -0.2) is 26.8 Å². The van der Waals surface area contributed by atoms with Crippen LogP contribution in [0.4, 0.5) is 5.69 Å². The monoisotopic (exact) mass is 418 g/mol. The van der Waals surface area contributed by atoms with E-state index in [1.54, 1.807) is 24.3 Å². The van der Waals surface area contributed by atoms with Crippen LogP contribution in [0.3, 0.4) is 0 Å². The number of benzene rings is 2. The fourth-order valence-electron chi connectivity index (χ4n) is 2.10. The summed E-state index contributed by atoms with van der Waals surface area (Å²) in [5.41, 5.74) is 0.0828. The third-order valence-corrected chi connectivity index (χ3v) is 5.85. The molecule has 0 amide bonds. The van der Waals surface area contributed by atoms with Crippen molar-refractivity contribution in [2.45, 2.75) is 11.3 Å². The maximum atomic E-state index is 12.2. The zero-order valence-corrected chi connectivity index (χ0v) is 15.6. The van der Waals surface area contributed by atoms with Crippen LogP contribution < -0.4 is 9.86 Å². The predicted octanol–water partition coefficient (Wildman–Crippen LogP) is 1.67. The van der Waals surface area contributed by atoms with Gasteiger partial charge in [0.15, 0.2) is 0 Å². The van der Waals surface area contributed by atoms with Gasteiger partial charge in [-0.2, -0.15) is 0 Å². The molecule has 0 aliphatic rings. The number of carbonyl (C=O) groups is 1. The summed E-state index contributed by atoms with van der Waals surface area (Å²) in [7, 11) is -8.25. The molecule has 4 N–H and O–H groups in total. The number of nitrogens with two attached hydrogens (primary N) is 1. The number of aromatic carboxylic acids is 1. The Balaban J connectivity index is 2.25. The van der Waals surface area contributed by atoms with Crippen LogP contribution in [-0.2, 0) is 26.5 Å². The first-order chi connectivity index (χ1) is 12.0. The smallest absolute Gasteiger partial charge is 0.335 e. The van der Waals surface area contributed by atoms with Crippen LogP contribution in [0.15, 0.2) is 47.4 Å². The second kappa shape index (κ2) is 7.62. The van der Waals surface area contributed by atoms with Gasteiger partial charge in [-0.1, -0.05) is 23.7 Å². The molecule has 0 atom stereocenters. The average molecular weight is 419 g/mol. The highest BCUT2D eigenvalue weighted by atomic mass is 35.5. The molecule has 0 unspecified atom stereocenters. The molecule has 0 saturated heterocycles. The van der Waals surface area contributed by atoms with Gasteiger partial charge in [0.05, 0.1) is 17.0 Å². The van der Waals surface area contributed by atoms with Gasteiger partial charge in [0.1, 0.15) is 4.90 Å². The lowest BCUT2D eigenvalue weighted by atomic mass is 10.2. The van der Waals surface area contributed by atoms with E-state index in [1.165, 1.54) is 0 Å². The van der Waals surface area contributed by atoms with Crippen LogP contribution in [0.1, 0.15) is 15.9 Å². The van der Waals surface area contributed by atoms with Crippen molar-refractivity contribution >= 4 is 43.3 Å². The summed E-state index contributed by atoms with van der Waals surface area (Å²) in [4.78, 5) is 10.4. The van der Waals surface area contributed by atoms with Gasteiger partial charge in [0.2, 0.25) is 20.0 Å². The Morgan fingerprint density at radius 2 is 1.69 bits per heavy atom. The van der Waals surface area contributed by atoms with Gasteiger partial charge in [0.25, 0.3) is 0 Å². The quantitative estimate of drug-likeness (QED) is 0.623. The molecule has 0 heterocycles. The molecule has 0 aliphatic heterocycles. The highest BCUT2D eigenvalue weighted by molar-refractivity contribution is 7.93. The van der Waals surface area contributed by atoms with E-state index in [9.17, 15) is 21.6 Å². The summed E-state index contributed by atoms with van der Waals surface area (Å²) in [6.07, 6.45) is 0.171. The molecule has 2 rings (SSSR count). The lowest BCUT2D eigenvalue weighted by Gasteiger charge is -2.12. The Bertz CT molecular complexity index is 1030. The van der Waals surface area contributed by atoms with E-state index in [-0.39, 0.29) is 23.4 Å². The van der Waals surface area contributed by atoms with E-state index in [0.29, 0.717) is 5.02 Å². The number of aryl methyl sites for hydroxylation is 1. The normalized spacial score (nSPS) is 11.9. The van der Waals surface area contributed by atoms with Crippen LogP contribution in [0.25, 0.3) is 0 Å². The molecule has 26 heavy (non-hydrogen) atoms. The fourth-order valence-corrected chi connectivity index (χ4v) is 4.12. The van der Waals surface area contributed by atoms with E-state index in [4.69, 9.17) is 21.8 Å². The van der Waals surface area contributed by atoms with Crippen LogP contribution in [0.2, 0.25) is 5.02 Å². The maximum absolute atomic E-state index is 12.2. The predicted molar refractivity (Wildman–Crippen MR) is 97.3 cm³/mol. The summed E-state index contributed by atoms with van der Waals surface area (Å²) >= 11 is 5.76. The molecule has 8 nitrogen and oxygen atoms in total. The fraction of sp³-hybridized carbons (Fsp3) is 0.133. The van der Waals surface area contributed by atoms with Crippen molar-refractivity contribution in [1.29, 1.82) is 0 Å². The minimum absolute atomic E-state index is 0.171. The summed E-state index contributed by atoms with van der Waals surface area (Å²) in [5.74, 6) is -1.69. The number of carboxylic acids is 1. The minimum atomic E-state index is -4.34. The molecule has 11 heteroatoms. The van der Waals surface area contributed by atoms with Gasteiger partial charge in [-0.3, -0.25) is 4.72 Å². The van der Waals surface area contributed by atoms with Gasteiger partial charge < -0.3 is 5.11 Å². The number of halogens is 1. The standard InChI is InChI=1S/C15H15ClN2O6S2/c16-12-4-1-10(2-5-12)7-8-25(21,22)18-13-6-3-11(15(19)20)9-14(13)26(17,23)24/h1-6,9,18H,7-8H2,(H,19,20)(H2,17,23,24). The number of rotatable bonds is 7. The van der Waals surface area contributed by atoms with Crippen molar-refractivity contribution in [1.82, 2.24) is 0 Å². The Morgan fingerprint density at radius 1 is 1.08 bits per heavy atom. The van der Waals surface area contributed by atoms with Crippen molar-refractivity contribution in [3.05, 3.63) is 58.6 Å². The molecular formula is C15H15ClN2O6S2. The van der Waals surface area contributed by atoms with E-state index in [0.717, 1.165) is 23.8 Å². The van der Waals surface area contributed by atoms with Gasteiger partial charge in [-0.15, -0.1) is 0 Å². The Hall–Kier alpha value is -2.14. The number of nitrogens with one attached hydrogen (secondary N) is 1. The molecule has 0 fully saturated rings. The van der Waals surface area contributed by atoms with E-state index in [1.807, 2.05) is 0 Å². The second-order valence-corrected chi connectivity index (χ2v) is 9.17. The van der Waals surface area contributed by atoms with Crippen LogP contribution >= 0.6 is 11.6 Å². The van der Waals surface area contributed by atoms with E-state index < -0.39 is 30.9 Å². The summed E-state index contributed by atoms with van der Waals surface area (Å²) in [5, 5.41) is 14.5. The number of hydrogen-bond acceptors (Lipinski definition) is 5.